The molecule has 10 aliphatic rings. The first-order valence-electron chi connectivity index (χ1n) is 30.4. The summed E-state index contributed by atoms with van der Waals surface area (Å²) in [7, 11) is 0. The fraction of sp³-hybridized carbons (Fsp3) is 0.932. The van der Waals surface area contributed by atoms with Crippen molar-refractivity contribution in [2.24, 2.45) is 50.2 Å². The fourth-order valence-corrected chi connectivity index (χ4v) is 17.3. The van der Waals surface area contributed by atoms with E-state index in [1.807, 2.05) is 0 Å². The molecule has 486 valence electrons. The zero-order chi connectivity index (χ0) is 62.2. The largest absolute Gasteiger partial charge is 0.432 e. The van der Waals surface area contributed by atoms with Crippen molar-refractivity contribution >= 4 is 11.8 Å². The Hall–Kier alpha value is -2.04. The Kier molecular flexibility index (Phi) is 18.5. The molecule has 0 aromatic rings. The molecule has 10 rings (SSSR count). The normalized spacial score (nSPS) is 54.2. The molecule has 0 amide bonds. The van der Waals surface area contributed by atoms with Crippen molar-refractivity contribution in [3.05, 3.63) is 11.6 Å². The number of hydrogen-bond donors (Lipinski definition) is 14. The third-order valence-electron chi connectivity index (χ3n) is 22.8. The number of aliphatic hydroxyl groups is 14. The number of ketones is 1. The maximum atomic E-state index is 15.5. The molecule has 4 saturated carbocycles. The van der Waals surface area contributed by atoms with Crippen LogP contribution in [0.4, 0.5) is 0 Å². The minimum Gasteiger partial charge on any atom is -0.432 e. The molecule has 26 nitrogen and oxygen atoms in total. The standard InChI is InChI=1S/C59H94O26/c1-23-33(63)37(67)41(71)49(78-23)83-45-29(20-60)80-48(44(74)40(45)70)77-22-30-36(66)39(69)43(73)51(81-30)85-53(75)59-16-14-54(3,4)19-26(59)25-18-27(61)47-56(7)12-11-32(55(5,6)31(56)10-13-58(47,9)57(25,8)15-17-59)82-52-46(35(65)28(62)21-76-52)84-50-42(72)38(68)34(64)24(2)79-50/h18,23-24,26,28-52,60,62-74H,10-17,19-22H2,1-9H3/t23-,24-,26-,28-,29+,30+,31-,32-,33-,34-,35-,36+,37+,38+,39-,40+,41+,42+,43+,44+,45+,46+,47+,48+,49-,50-,51-,52-,56-,57+,58+,59-/m0/s1. The van der Waals surface area contributed by atoms with Crippen molar-refractivity contribution in [1.29, 1.82) is 0 Å². The zero-order valence-corrected chi connectivity index (χ0v) is 49.9. The van der Waals surface area contributed by atoms with E-state index in [1.54, 1.807) is 6.08 Å². The van der Waals surface area contributed by atoms with Crippen LogP contribution in [0.1, 0.15) is 120 Å². The lowest BCUT2D eigenvalue weighted by Crippen LogP contribution is -2.68. The van der Waals surface area contributed by atoms with E-state index < -0.39 is 212 Å². The quantitative estimate of drug-likeness (QED) is 0.0719. The summed E-state index contributed by atoms with van der Waals surface area (Å²) >= 11 is 0. The molecule has 0 aromatic carbocycles. The van der Waals surface area contributed by atoms with Gasteiger partial charge in [-0.25, -0.2) is 0 Å². The molecule has 5 aliphatic carbocycles. The molecule has 85 heavy (non-hydrogen) atoms. The van der Waals surface area contributed by atoms with Crippen LogP contribution in [0.15, 0.2) is 11.6 Å². The summed E-state index contributed by atoms with van der Waals surface area (Å²) in [5, 5.41) is 151. The first-order valence-corrected chi connectivity index (χ1v) is 30.4. The molecule has 0 unspecified atom stereocenters. The van der Waals surface area contributed by atoms with Gasteiger partial charge in [-0.1, -0.05) is 54.0 Å². The van der Waals surface area contributed by atoms with Gasteiger partial charge in [-0.05, 0) is 117 Å². The number of allylic oxidation sites excluding steroid dienone is 2. The van der Waals surface area contributed by atoms with E-state index in [9.17, 15) is 71.5 Å². The summed E-state index contributed by atoms with van der Waals surface area (Å²) < 4.78 is 59.3. The van der Waals surface area contributed by atoms with Gasteiger partial charge in [-0.15, -0.1) is 0 Å². The van der Waals surface area contributed by atoms with Gasteiger partial charge in [0.15, 0.2) is 30.9 Å². The van der Waals surface area contributed by atoms with Crippen molar-refractivity contribution in [3.63, 3.8) is 0 Å². The highest BCUT2D eigenvalue weighted by atomic mass is 16.8. The second-order valence-electron chi connectivity index (χ2n) is 28.6. The molecule has 5 aliphatic heterocycles. The van der Waals surface area contributed by atoms with E-state index >= 15 is 9.59 Å². The number of carbonyl (C=O) groups excluding carboxylic acids is 2. The van der Waals surface area contributed by atoms with Gasteiger partial charge in [0.05, 0.1) is 43.5 Å². The number of hydrogen-bond acceptors (Lipinski definition) is 26. The predicted molar refractivity (Wildman–Crippen MR) is 287 cm³/mol. The Morgan fingerprint density at radius 3 is 1.76 bits per heavy atom. The Morgan fingerprint density at radius 2 is 1.14 bits per heavy atom. The van der Waals surface area contributed by atoms with Crippen LogP contribution in [0, 0.1) is 50.2 Å². The minimum absolute atomic E-state index is 0.0372. The molecular formula is C59H94O26. The SMILES string of the molecule is C[C@@H]1O[C@@H](O[C@H]2[C@H](O[C@H]3CC[C@]4(C)[C@H]5C(=O)C=C6[C@@H]7CC(C)(C)CC[C@]7(C(=O)O[C@@H]7O[C@H](CO[C@@H]8O[C@H](CO)[C@@H](O[C@@H]9O[C@@H](C)[C@H](O)[C@@H](O)[C@H]9O)[C@H](O)[C@H]8O)[C@@H](O)[C@H](O)[C@H]7O)CC[C@@]6(C)[C@]5(C)CC[C@H]4C3(C)C)OC[C@H](O)[C@@H]2O)[C@H](O)[C@H](O)[C@H]1O. The van der Waals surface area contributed by atoms with Crippen molar-refractivity contribution < 1.29 is 128 Å². The zero-order valence-electron chi connectivity index (χ0n) is 49.9. The maximum Gasteiger partial charge on any atom is 0.315 e. The molecule has 0 aromatic heterocycles. The van der Waals surface area contributed by atoms with Gasteiger partial charge in [0, 0.05) is 5.92 Å². The molecule has 32 atom stereocenters. The summed E-state index contributed by atoms with van der Waals surface area (Å²) in [6, 6.07) is 0. The van der Waals surface area contributed by atoms with Crippen LogP contribution in [-0.2, 0) is 57.0 Å². The van der Waals surface area contributed by atoms with E-state index in [-0.39, 0.29) is 23.7 Å². The van der Waals surface area contributed by atoms with Crippen LogP contribution in [0.5, 0.6) is 0 Å². The van der Waals surface area contributed by atoms with Gasteiger partial charge in [-0.2, -0.15) is 0 Å². The van der Waals surface area contributed by atoms with Crippen molar-refractivity contribution in [1.82, 2.24) is 0 Å². The second kappa shape index (κ2) is 23.9. The second-order valence-corrected chi connectivity index (χ2v) is 28.6. The third kappa shape index (κ3) is 11.0. The average molecular weight is 1220 g/mol. The molecular weight excluding hydrogens is 1120 g/mol. The van der Waals surface area contributed by atoms with Gasteiger partial charge in [0.1, 0.15) is 104 Å². The molecule has 14 N–H and O–H groups in total. The summed E-state index contributed by atoms with van der Waals surface area (Å²) in [6.45, 7) is 16.2. The lowest BCUT2D eigenvalue weighted by molar-refractivity contribution is -0.364. The topological polar surface area (TPSA) is 410 Å². The van der Waals surface area contributed by atoms with E-state index in [0.29, 0.717) is 57.8 Å². The number of esters is 1. The summed E-state index contributed by atoms with van der Waals surface area (Å²) in [6.07, 6.45) is -31.6. The Labute approximate surface area is 494 Å². The Bertz CT molecular complexity index is 2430. The van der Waals surface area contributed by atoms with Crippen LogP contribution >= 0.6 is 0 Å². The van der Waals surface area contributed by atoms with Crippen LogP contribution in [-0.4, -0.2) is 257 Å². The van der Waals surface area contributed by atoms with E-state index in [0.717, 1.165) is 5.57 Å². The Balaban J connectivity index is 0.838. The number of fused-ring (bicyclic) bond motifs is 7. The lowest BCUT2D eigenvalue weighted by atomic mass is 9.33. The molecule has 5 heterocycles. The molecule has 0 bridgehead atoms. The monoisotopic (exact) mass is 1220 g/mol. The van der Waals surface area contributed by atoms with E-state index in [2.05, 4.69) is 48.5 Å². The third-order valence-corrected chi connectivity index (χ3v) is 22.8. The van der Waals surface area contributed by atoms with Gasteiger partial charge in [0.25, 0.3) is 0 Å². The first kappa shape index (κ1) is 65.9. The van der Waals surface area contributed by atoms with Crippen LogP contribution in [0.2, 0.25) is 0 Å². The highest BCUT2D eigenvalue weighted by molar-refractivity contribution is 5.96. The highest BCUT2D eigenvalue weighted by Crippen LogP contribution is 2.75. The minimum atomic E-state index is -1.94. The smallest absolute Gasteiger partial charge is 0.315 e. The molecule has 0 spiro atoms. The van der Waals surface area contributed by atoms with Crippen LogP contribution < -0.4 is 0 Å². The average Bonchev–Trinajstić information content (AvgIpc) is 0.689. The number of carbonyl (C=O) groups is 2. The van der Waals surface area contributed by atoms with Crippen LogP contribution in [0.3, 0.4) is 0 Å². The number of ether oxygens (including phenoxy) is 10. The van der Waals surface area contributed by atoms with E-state index in [1.165, 1.54) is 13.8 Å². The van der Waals surface area contributed by atoms with Crippen molar-refractivity contribution in [2.45, 2.75) is 274 Å². The number of rotatable bonds is 12. The van der Waals surface area contributed by atoms with Crippen LogP contribution in [0.25, 0.3) is 0 Å². The first-order chi connectivity index (χ1) is 39.7. The number of aliphatic hydroxyl groups excluding tert-OH is 14. The Morgan fingerprint density at radius 1 is 0.576 bits per heavy atom. The predicted octanol–water partition coefficient (Wildman–Crippen LogP) is -2.34. The molecule has 0 radical (unpaired) electrons. The molecule has 26 heteroatoms. The summed E-state index contributed by atoms with van der Waals surface area (Å²) in [4.78, 5) is 30.7. The van der Waals surface area contributed by atoms with Gasteiger partial charge < -0.3 is 119 Å². The van der Waals surface area contributed by atoms with Gasteiger partial charge in [0.2, 0.25) is 6.29 Å². The summed E-state index contributed by atoms with van der Waals surface area (Å²) in [5.41, 5.74) is -2.92. The highest BCUT2D eigenvalue weighted by Gasteiger charge is 2.72. The van der Waals surface area contributed by atoms with Gasteiger partial charge in [-0.3, -0.25) is 9.59 Å². The van der Waals surface area contributed by atoms with E-state index in [4.69, 9.17) is 47.4 Å². The molecule has 9 fully saturated rings. The van der Waals surface area contributed by atoms with Crippen molar-refractivity contribution in [3.8, 4) is 0 Å². The molecule has 5 saturated heterocycles. The summed E-state index contributed by atoms with van der Waals surface area (Å²) in [5.74, 6) is -1.75. The maximum absolute atomic E-state index is 15.5. The fourth-order valence-electron chi connectivity index (χ4n) is 17.3. The van der Waals surface area contributed by atoms with Crippen molar-refractivity contribution in [2.75, 3.05) is 19.8 Å². The van der Waals surface area contributed by atoms with Gasteiger partial charge >= 0.3 is 5.97 Å². The lowest BCUT2D eigenvalue weighted by Gasteiger charge is -2.70.